The van der Waals surface area contributed by atoms with Crippen LogP contribution in [0, 0.1) is 11.8 Å². The summed E-state index contributed by atoms with van der Waals surface area (Å²) in [5.41, 5.74) is 2.54. The third-order valence-corrected chi connectivity index (χ3v) is 6.60. The molecule has 0 radical (unpaired) electrons. The van der Waals surface area contributed by atoms with Crippen molar-refractivity contribution >= 4 is 6.08 Å². The summed E-state index contributed by atoms with van der Waals surface area (Å²) in [5, 5.41) is 0. The van der Waals surface area contributed by atoms with E-state index in [1.54, 1.807) is 0 Å². The van der Waals surface area contributed by atoms with Crippen molar-refractivity contribution in [2.24, 2.45) is 11.8 Å². The maximum atomic E-state index is 13.4. The Labute approximate surface area is 203 Å². The van der Waals surface area contributed by atoms with Gasteiger partial charge in [0.2, 0.25) is 0 Å². The lowest BCUT2D eigenvalue weighted by Crippen LogP contribution is -2.45. The van der Waals surface area contributed by atoms with Crippen molar-refractivity contribution in [3.63, 3.8) is 0 Å². The molecule has 1 unspecified atom stereocenters. The van der Waals surface area contributed by atoms with Crippen LogP contribution in [0.2, 0.25) is 0 Å². The highest BCUT2D eigenvalue weighted by Crippen LogP contribution is 2.37. The van der Waals surface area contributed by atoms with Crippen molar-refractivity contribution in [3.8, 4) is 16.9 Å². The van der Waals surface area contributed by atoms with Crippen LogP contribution < -0.4 is 4.74 Å². The van der Waals surface area contributed by atoms with Gasteiger partial charge in [0.05, 0.1) is 0 Å². The number of benzene rings is 2. The Balaban J connectivity index is 1.53. The van der Waals surface area contributed by atoms with E-state index in [0.717, 1.165) is 29.2 Å². The van der Waals surface area contributed by atoms with Crippen molar-refractivity contribution in [2.75, 3.05) is 0 Å². The Morgan fingerprint density at radius 3 is 1.97 bits per heavy atom. The summed E-state index contributed by atoms with van der Waals surface area (Å²) in [5.74, 6) is 0.922. The fraction of sp³-hybridized carbons (Fsp3) is 0.500. The topological polar surface area (TPSA) is 9.23 Å². The second-order valence-corrected chi connectivity index (χ2v) is 9.35. The lowest BCUT2D eigenvalue weighted by atomic mass is 9.79. The van der Waals surface area contributed by atoms with Gasteiger partial charge in [-0.3, -0.25) is 0 Å². The number of allylic oxidation sites excluding steroid dienone is 1. The highest BCUT2D eigenvalue weighted by atomic mass is 19.4. The van der Waals surface area contributed by atoms with E-state index in [1.807, 2.05) is 24.3 Å². The van der Waals surface area contributed by atoms with E-state index in [-0.39, 0.29) is 0 Å². The third-order valence-electron chi connectivity index (χ3n) is 6.60. The van der Waals surface area contributed by atoms with E-state index in [1.165, 1.54) is 63.5 Å². The van der Waals surface area contributed by atoms with Gasteiger partial charge in [-0.05, 0) is 66.3 Å². The molecule has 2 aromatic carbocycles. The molecule has 2 aromatic rings. The van der Waals surface area contributed by atoms with Gasteiger partial charge in [-0.25, -0.2) is 4.39 Å². The van der Waals surface area contributed by atoms with Gasteiger partial charge in [0, 0.05) is 0 Å². The van der Waals surface area contributed by atoms with Gasteiger partial charge < -0.3 is 4.74 Å². The molecule has 3 rings (SSSR count). The Bertz CT molecular complexity index is 925. The number of rotatable bonds is 10. The lowest BCUT2D eigenvalue weighted by molar-refractivity contribution is -0.304. The number of unbranched alkanes of at least 4 members (excludes halogenated alkanes) is 2. The van der Waals surface area contributed by atoms with Gasteiger partial charge in [-0.2, -0.15) is 22.0 Å². The molecule has 35 heavy (non-hydrogen) atoms. The van der Waals surface area contributed by atoms with Crippen LogP contribution in [-0.2, 0) is 0 Å². The zero-order valence-corrected chi connectivity index (χ0v) is 19.8. The first-order valence-electron chi connectivity index (χ1n) is 12.2. The van der Waals surface area contributed by atoms with Crippen molar-refractivity contribution in [1.82, 2.24) is 0 Å². The summed E-state index contributed by atoms with van der Waals surface area (Å²) < 4.78 is 80.6. The zero-order chi connectivity index (χ0) is 25.5. The molecule has 0 N–H and O–H groups in total. The van der Waals surface area contributed by atoms with Crippen LogP contribution in [0.1, 0.15) is 63.9 Å². The maximum Gasteiger partial charge on any atom is 0.439 e. The number of ether oxygens (including phenoxy) is 1. The Morgan fingerprint density at radius 1 is 0.857 bits per heavy atom. The molecule has 0 saturated heterocycles. The SMILES string of the molecule is CCCCCC1CCC(C=Cc2ccc(-c3ccc(OC(F)(F)C(F)C(F)(F)F)cc3)cc2)CC1. The molecule has 1 atom stereocenters. The molecule has 0 aliphatic heterocycles. The molecule has 1 aliphatic rings. The van der Waals surface area contributed by atoms with E-state index >= 15 is 0 Å². The number of halogens is 6. The van der Waals surface area contributed by atoms with Crippen molar-refractivity contribution in [3.05, 3.63) is 60.2 Å². The summed E-state index contributed by atoms with van der Waals surface area (Å²) in [6.45, 7) is 2.23. The van der Waals surface area contributed by atoms with Crippen molar-refractivity contribution < 1.29 is 31.1 Å². The average molecular weight is 499 g/mol. The highest BCUT2D eigenvalue weighted by Gasteiger charge is 2.59. The predicted molar refractivity (Wildman–Crippen MR) is 127 cm³/mol. The second kappa shape index (κ2) is 12.0. The molecule has 7 heteroatoms. The monoisotopic (exact) mass is 498 g/mol. The van der Waals surface area contributed by atoms with Gasteiger partial charge in [-0.15, -0.1) is 0 Å². The molecule has 1 saturated carbocycles. The molecule has 1 fully saturated rings. The number of hydrogen-bond donors (Lipinski definition) is 0. The van der Waals surface area contributed by atoms with E-state index < -0.39 is 24.2 Å². The Morgan fingerprint density at radius 2 is 1.43 bits per heavy atom. The maximum absolute atomic E-state index is 13.4. The molecule has 0 amide bonds. The normalized spacial score (nSPS) is 20.2. The van der Waals surface area contributed by atoms with Crippen molar-refractivity contribution in [1.29, 1.82) is 0 Å². The first kappa shape index (κ1) is 27.2. The minimum atomic E-state index is -5.71. The molecule has 192 valence electrons. The van der Waals surface area contributed by atoms with Gasteiger partial charge in [0.1, 0.15) is 5.75 Å². The molecule has 0 heterocycles. The molecule has 0 bridgehead atoms. The summed E-state index contributed by atoms with van der Waals surface area (Å²) in [6, 6.07) is 12.8. The molecule has 0 aromatic heterocycles. The Kier molecular flexibility index (Phi) is 9.31. The predicted octanol–water partition coefficient (Wildman–Crippen LogP) is 9.63. The third kappa shape index (κ3) is 8.04. The van der Waals surface area contributed by atoms with Crippen LogP contribution in [0.5, 0.6) is 5.75 Å². The molecular weight excluding hydrogens is 466 g/mol. The van der Waals surface area contributed by atoms with E-state index in [9.17, 15) is 26.3 Å². The van der Waals surface area contributed by atoms with E-state index in [0.29, 0.717) is 11.5 Å². The summed E-state index contributed by atoms with van der Waals surface area (Å²) >= 11 is 0. The smallest absolute Gasteiger partial charge is 0.430 e. The average Bonchev–Trinajstić information content (AvgIpc) is 2.83. The fourth-order valence-corrected chi connectivity index (χ4v) is 4.50. The second-order valence-electron chi connectivity index (χ2n) is 9.35. The van der Waals surface area contributed by atoms with Crippen LogP contribution in [0.25, 0.3) is 17.2 Å². The van der Waals surface area contributed by atoms with Gasteiger partial charge in [-0.1, -0.05) is 81.2 Å². The Hall–Kier alpha value is -2.44. The molecule has 1 aliphatic carbocycles. The summed E-state index contributed by atoms with van der Waals surface area (Å²) in [4.78, 5) is 0. The zero-order valence-electron chi connectivity index (χ0n) is 19.8. The van der Waals surface area contributed by atoms with Crippen LogP contribution in [-0.4, -0.2) is 18.5 Å². The summed E-state index contributed by atoms with van der Waals surface area (Å²) in [7, 11) is 0. The first-order valence-corrected chi connectivity index (χ1v) is 12.2. The fourth-order valence-electron chi connectivity index (χ4n) is 4.50. The lowest BCUT2D eigenvalue weighted by Gasteiger charge is -2.26. The standard InChI is InChI=1S/C28H32F6O/c1-2-3-4-5-20-6-8-21(9-7-20)10-11-22-12-14-23(15-13-22)24-16-18-25(19-17-24)35-28(33,34)26(29)27(30,31)32/h10-21,26H,2-9H2,1H3. The van der Waals surface area contributed by atoms with Crippen LogP contribution in [0.15, 0.2) is 54.6 Å². The highest BCUT2D eigenvalue weighted by molar-refractivity contribution is 5.66. The van der Waals surface area contributed by atoms with Gasteiger partial charge in [0.25, 0.3) is 6.17 Å². The quantitative estimate of drug-likeness (QED) is 0.234. The minimum Gasteiger partial charge on any atom is -0.430 e. The first-order chi connectivity index (χ1) is 16.6. The van der Waals surface area contributed by atoms with Crippen LogP contribution in [0.3, 0.4) is 0 Å². The summed E-state index contributed by atoms with van der Waals surface area (Å²) in [6.07, 6.45) is -0.398. The number of hydrogen-bond acceptors (Lipinski definition) is 1. The van der Waals surface area contributed by atoms with Crippen LogP contribution in [0.4, 0.5) is 26.3 Å². The molecule has 0 spiro atoms. The van der Waals surface area contributed by atoms with Crippen LogP contribution >= 0.6 is 0 Å². The van der Waals surface area contributed by atoms with Gasteiger partial charge >= 0.3 is 12.3 Å². The van der Waals surface area contributed by atoms with Crippen molar-refractivity contribution in [2.45, 2.75) is 76.7 Å². The van der Waals surface area contributed by atoms with E-state index in [4.69, 9.17) is 0 Å². The largest absolute Gasteiger partial charge is 0.439 e. The molecular formula is C28H32F6O. The minimum absolute atomic E-state index is 0.551. The van der Waals surface area contributed by atoms with Gasteiger partial charge in [0.15, 0.2) is 0 Å². The van der Waals surface area contributed by atoms with E-state index in [2.05, 4.69) is 23.8 Å². The number of alkyl halides is 6. The molecule has 1 nitrogen and oxygen atoms in total.